The second-order valence-electron chi connectivity index (χ2n) is 1.07. The molecule has 0 aromatic heterocycles. The molecule has 0 fully saturated rings. The summed E-state index contributed by atoms with van der Waals surface area (Å²) in [4.78, 5) is 10.1. The van der Waals surface area contributed by atoms with E-state index in [0.717, 1.165) is 0 Å². The fourth-order valence-electron chi connectivity index (χ4n) is 0.0429. The third-order valence-corrected chi connectivity index (χ3v) is 1.71. The maximum absolute atomic E-state index is 10.1. The Labute approximate surface area is 60.9 Å². The third kappa shape index (κ3) is 3.05. The van der Waals surface area contributed by atoms with Gasteiger partial charge in [0.1, 0.15) is 0 Å². The molecule has 0 heterocycles. The van der Waals surface area contributed by atoms with Gasteiger partial charge in [-0.2, -0.15) is 0 Å². The van der Waals surface area contributed by atoms with Crippen LogP contribution in [0.15, 0.2) is 9.66 Å². The van der Waals surface area contributed by atoms with Gasteiger partial charge < -0.3 is 0 Å². The van der Waals surface area contributed by atoms with Crippen LogP contribution in [0.1, 0.15) is 6.92 Å². The number of carbonyl (C=O) groups excluding carboxylic acids is 1. The molecule has 0 saturated carbocycles. The van der Waals surface area contributed by atoms with E-state index >= 15 is 0 Å². The summed E-state index contributed by atoms with van der Waals surface area (Å²) in [6.45, 7) is 1.67. The molecule has 0 saturated heterocycles. The van der Waals surface area contributed by atoms with E-state index in [1.807, 2.05) is 22.6 Å². The molecule has 0 radical (unpaired) electrons. The minimum Gasteiger partial charge on any atom is -0.276 e. The van der Waals surface area contributed by atoms with Crippen molar-refractivity contribution in [2.24, 2.45) is 0 Å². The SMILES string of the molecule is C/C(=C/I)C(=O)Cl. The van der Waals surface area contributed by atoms with E-state index in [0.29, 0.717) is 5.57 Å². The zero-order valence-corrected chi connectivity index (χ0v) is 6.65. The zero-order valence-electron chi connectivity index (χ0n) is 3.74. The van der Waals surface area contributed by atoms with Crippen LogP contribution in [-0.4, -0.2) is 5.24 Å². The predicted molar refractivity (Wildman–Crippen MR) is 38.6 cm³/mol. The Bertz CT molecular complexity index is 108. The Kier molecular flexibility index (Phi) is 3.65. The number of allylic oxidation sites excluding steroid dienone is 1. The van der Waals surface area contributed by atoms with E-state index in [4.69, 9.17) is 11.6 Å². The van der Waals surface area contributed by atoms with Crippen LogP contribution < -0.4 is 0 Å². The van der Waals surface area contributed by atoms with Crippen LogP contribution in [0.5, 0.6) is 0 Å². The standard InChI is InChI=1S/C4H4ClIO/c1-3(2-6)4(5)7/h2H,1H3/b3-2-. The van der Waals surface area contributed by atoms with Gasteiger partial charge in [0.2, 0.25) is 5.24 Å². The summed E-state index contributed by atoms with van der Waals surface area (Å²) in [5, 5.41) is -0.380. The molecule has 7 heavy (non-hydrogen) atoms. The molecule has 1 nitrogen and oxygen atoms in total. The highest BCUT2D eigenvalue weighted by Gasteiger charge is 1.93. The fourth-order valence-corrected chi connectivity index (χ4v) is 0.564. The minimum atomic E-state index is -0.380. The maximum atomic E-state index is 10.1. The van der Waals surface area contributed by atoms with Crippen molar-refractivity contribution in [2.45, 2.75) is 6.92 Å². The Morgan fingerprint density at radius 3 is 2.29 bits per heavy atom. The van der Waals surface area contributed by atoms with Crippen LogP contribution in [-0.2, 0) is 4.79 Å². The number of carbonyl (C=O) groups is 1. The fraction of sp³-hybridized carbons (Fsp3) is 0.250. The molecule has 0 aromatic rings. The van der Waals surface area contributed by atoms with Gasteiger partial charge in [-0.05, 0) is 22.6 Å². The number of hydrogen-bond acceptors (Lipinski definition) is 1. The molecule has 0 atom stereocenters. The highest BCUT2D eigenvalue weighted by atomic mass is 127. The lowest BCUT2D eigenvalue weighted by Crippen LogP contribution is -1.83. The van der Waals surface area contributed by atoms with Gasteiger partial charge in [-0.15, -0.1) is 0 Å². The first-order chi connectivity index (χ1) is 3.18. The smallest absolute Gasteiger partial charge is 0.248 e. The lowest BCUT2D eigenvalue weighted by molar-refractivity contribution is -0.108. The molecule has 0 rings (SSSR count). The normalized spacial score (nSPS) is 11.6. The summed E-state index contributed by atoms with van der Waals surface area (Å²) in [7, 11) is 0. The van der Waals surface area contributed by atoms with Gasteiger partial charge in [0, 0.05) is 5.57 Å². The molecular formula is C4H4ClIO. The summed E-state index contributed by atoms with van der Waals surface area (Å²) < 4.78 is 1.65. The van der Waals surface area contributed by atoms with Gasteiger partial charge in [-0.1, -0.05) is 22.6 Å². The molecule has 0 aliphatic rings. The lowest BCUT2D eigenvalue weighted by Gasteiger charge is -1.81. The van der Waals surface area contributed by atoms with E-state index in [1.165, 1.54) is 0 Å². The van der Waals surface area contributed by atoms with Gasteiger partial charge >= 0.3 is 0 Å². The van der Waals surface area contributed by atoms with Crippen molar-refractivity contribution in [1.29, 1.82) is 0 Å². The molecule has 3 heteroatoms. The zero-order chi connectivity index (χ0) is 5.86. The van der Waals surface area contributed by atoms with Crippen molar-refractivity contribution in [1.82, 2.24) is 0 Å². The van der Waals surface area contributed by atoms with Crippen LogP contribution in [0.4, 0.5) is 0 Å². The Morgan fingerprint density at radius 2 is 2.29 bits per heavy atom. The van der Waals surface area contributed by atoms with Gasteiger partial charge in [0.05, 0.1) is 0 Å². The quantitative estimate of drug-likeness (QED) is 0.383. The molecule has 0 spiro atoms. The Morgan fingerprint density at radius 1 is 1.86 bits per heavy atom. The summed E-state index contributed by atoms with van der Waals surface area (Å²) in [5.41, 5.74) is 0.585. The van der Waals surface area contributed by atoms with E-state index in [1.54, 1.807) is 11.0 Å². The molecule has 40 valence electrons. The topological polar surface area (TPSA) is 17.1 Å². The van der Waals surface area contributed by atoms with Crippen molar-refractivity contribution in [3.05, 3.63) is 9.66 Å². The molecule has 0 unspecified atom stereocenters. The summed E-state index contributed by atoms with van der Waals surface area (Å²) in [5.74, 6) is 0. The first-order valence-corrected chi connectivity index (χ1v) is 3.27. The van der Waals surface area contributed by atoms with Crippen LogP contribution in [0.25, 0.3) is 0 Å². The van der Waals surface area contributed by atoms with Gasteiger partial charge in [0.25, 0.3) is 0 Å². The number of rotatable bonds is 1. The first-order valence-electron chi connectivity index (χ1n) is 1.65. The summed E-state index contributed by atoms with van der Waals surface area (Å²) in [6.07, 6.45) is 0. The molecule has 0 aliphatic carbocycles. The Hall–Kier alpha value is 0.430. The number of hydrogen-bond donors (Lipinski definition) is 0. The highest BCUT2D eigenvalue weighted by Crippen LogP contribution is 2.00. The molecule has 0 aromatic carbocycles. The summed E-state index contributed by atoms with van der Waals surface area (Å²) >= 11 is 6.98. The van der Waals surface area contributed by atoms with Crippen LogP contribution in [0, 0.1) is 0 Å². The van der Waals surface area contributed by atoms with Gasteiger partial charge in [-0.3, -0.25) is 4.79 Å². The van der Waals surface area contributed by atoms with Crippen LogP contribution in [0.3, 0.4) is 0 Å². The van der Waals surface area contributed by atoms with Crippen molar-refractivity contribution < 1.29 is 4.79 Å². The van der Waals surface area contributed by atoms with Crippen molar-refractivity contribution >= 4 is 39.4 Å². The molecule has 0 amide bonds. The minimum absolute atomic E-state index is 0.380. The third-order valence-electron chi connectivity index (χ3n) is 0.474. The van der Waals surface area contributed by atoms with E-state index in [-0.39, 0.29) is 5.24 Å². The largest absolute Gasteiger partial charge is 0.276 e. The van der Waals surface area contributed by atoms with E-state index in [2.05, 4.69) is 0 Å². The average Bonchev–Trinajstić information content (AvgIpc) is 1.65. The van der Waals surface area contributed by atoms with E-state index < -0.39 is 0 Å². The lowest BCUT2D eigenvalue weighted by atomic mass is 10.4. The van der Waals surface area contributed by atoms with Crippen LogP contribution >= 0.6 is 34.2 Å². The summed E-state index contributed by atoms with van der Waals surface area (Å²) in [6, 6.07) is 0. The van der Waals surface area contributed by atoms with Crippen LogP contribution in [0.2, 0.25) is 0 Å². The second kappa shape index (κ2) is 3.43. The van der Waals surface area contributed by atoms with Crippen molar-refractivity contribution in [3.63, 3.8) is 0 Å². The predicted octanol–water partition coefficient (Wildman–Crippen LogP) is 2.09. The average molecular weight is 230 g/mol. The highest BCUT2D eigenvalue weighted by molar-refractivity contribution is 14.1. The first kappa shape index (κ1) is 7.43. The molecular weight excluding hydrogens is 226 g/mol. The molecule has 0 bridgehead atoms. The second-order valence-corrected chi connectivity index (χ2v) is 2.03. The number of halogens is 2. The maximum Gasteiger partial charge on any atom is 0.248 e. The van der Waals surface area contributed by atoms with Crippen molar-refractivity contribution in [3.8, 4) is 0 Å². The Balaban J connectivity index is 3.82. The van der Waals surface area contributed by atoms with Crippen molar-refractivity contribution in [2.75, 3.05) is 0 Å². The van der Waals surface area contributed by atoms with Gasteiger partial charge in [-0.25, -0.2) is 0 Å². The monoisotopic (exact) mass is 230 g/mol. The van der Waals surface area contributed by atoms with Gasteiger partial charge in [0.15, 0.2) is 0 Å². The molecule has 0 aliphatic heterocycles. The molecule has 0 N–H and O–H groups in total. The van der Waals surface area contributed by atoms with E-state index in [9.17, 15) is 4.79 Å².